The quantitative estimate of drug-likeness (QED) is 0.605. The molecule has 2 aromatic carbocycles. The number of benzene rings is 2. The maximum Gasteiger partial charge on any atom is 0.416 e. The van der Waals surface area contributed by atoms with E-state index in [4.69, 9.17) is 0 Å². The Hall–Kier alpha value is -2.74. The molecule has 1 aliphatic carbocycles. The number of carbonyl (C=O) groups is 1. The molecule has 2 atom stereocenters. The maximum atomic E-state index is 13.0. The van der Waals surface area contributed by atoms with E-state index in [2.05, 4.69) is 16.0 Å². The molecule has 0 saturated heterocycles. The fourth-order valence-electron chi connectivity index (χ4n) is 4.15. The zero-order chi connectivity index (χ0) is 21.3. The highest BCUT2D eigenvalue weighted by molar-refractivity contribution is 5.90. The fourth-order valence-corrected chi connectivity index (χ4v) is 4.15. The third kappa shape index (κ3) is 4.53. The molecule has 0 radical (unpaired) electrons. The third-order valence-electron chi connectivity index (χ3n) is 5.78. The van der Waals surface area contributed by atoms with Crippen molar-refractivity contribution in [3.05, 3.63) is 58.7 Å². The van der Waals surface area contributed by atoms with Crippen molar-refractivity contribution in [2.75, 3.05) is 17.2 Å². The van der Waals surface area contributed by atoms with Gasteiger partial charge in [-0.15, -0.1) is 0 Å². The summed E-state index contributed by atoms with van der Waals surface area (Å²) in [5.74, 6) is 0. The molecule has 0 fully saturated rings. The largest absolute Gasteiger partial charge is 0.416 e. The molecule has 0 saturated carbocycles. The molecule has 2 unspecified atom stereocenters. The summed E-state index contributed by atoms with van der Waals surface area (Å²) >= 11 is 0. The van der Waals surface area contributed by atoms with Gasteiger partial charge in [-0.05, 0) is 60.6 Å². The van der Waals surface area contributed by atoms with Gasteiger partial charge < -0.3 is 21.1 Å². The fraction of sp³-hybridized carbons (Fsp3) is 0.409. The van der Waals surface area contributed by atoms with Crippen molar-refractivity contribution in [1.29, 1.82) is 0 Å². The van der Waals surface area contributed by atoms with Gasteiger partial charge in [-0.25, -0.2) is 4.79 Å². The molecule has 8 heteroatoms. The summed E-state index contributed by atoms with van der Waals surface area (Å²) in [5.41, 5.74) is 3.39. The van der Waals surface area contributed by atoms with Gasteiger partial charge in [0.15, 0.2) is 0 Å². The molecule has 4 rings (SSSR count). The number of aliphatic hydroxyl groups is 1. The number of anilines is 2. The van der Waals surface area contributed by atoms with Crippen LogP contribution in [-0.2, 0) is 25.4 Å². The van der Waals surface area contributed by atoms with Gasteiger partial charge in [-0.1, -0.05) is 18.2 Å². The van der Waals surface area contributed by atoms with Crippen LogP contribution in [0.5, 0.6) is 0 Å². The number of amides is 2. The van der Waals surface area contributed by atoms with Gasteiger partial charge in [0.2, 0.25) is 0 Å². The molecule has 0 spiro atoms. The van der Waals surface area contributed by atoms with E-state index in [0.717, 1.165) is 35.2 Å². The van der Waals surface area contributed by atoms with E-state index in [-0.39, 0.29) is 12.1 Å². The smallest absolute Gasteiger partial charge is 0.393 e. The Labute approximate surface area is 172 Å². The molecule has 2 aromatic rings. The van der Waals surface area contributed by atoms with E-state index in [1.807, 2.05) is 18.2 Å². The van der Waals surface area contributed by atoms with Crippen LogP contribution in [0.3, 0.4) is 0 Å². The van der Waals surface area contributed by atoms with Crippen LogP contribution in [-0.4, -0.2) is 29.8 Å². The number of aliphatic hydroxyl groups excluding tert-OH is 1. The maximum absolute atomic E-state index is 13.0. The second kappa shape index (κ2) is 8.18. The molecule has 160 valence electrons. The van der Waals surface area contributed by atoms with Gasteiger partial charge >= 0.3 is 12.2 Å². The number of alkyl halides is 3. The molecule has 5 nitrogen and oxygen atoms in total. The number of hydrogen-bond donors (Lipinski definition) is 4. The van der Waals surface area contributed by atoms with Crippen LogP contribution in [0.25, 0.3) is 0 Å². The van der Waals surface area contributed by atoms with Crippen LogP contribution in [0.15, 0.2) is 36.4 Å². The van der Waals surface area contributed by atoms with Crippen molar-refractivity contribution in [2.45, 2.75) is 50.4 Å². The first-order chi connectivity index (χ1) is 14.3. The van der Waals surface area contributed by atoms with Crippen LogP contribution in [0, 0.1) is 0 Å². The van der Waals surface area contributed by atoms with Gasteiger partial charge in [-0.3, -0.25) is 0 Å². The lowest BCUT2D eigenvalue weighted by Gasteiger charge is -2.28. The number of halogens is 3. The zero-order valence-corrected chi connectivity index (χ0v) is 16.4. The second-order valence-corrected chi connectivity index (χ2v) is 7.92. The van der Waals surface area contributed by atoms with Crippen molar-refractivity contribution in [2.24, 2.45) is 0 Å². The number of aryl methyl sites for hydroxylation is 2. The SMILES string of the molecule is O=C(NCC1CCc2ccc(C(F)(F)F)cc2N1)Nc1cccc2c1CC(O)CC2. The first kappa shape index (κ1) is 20.5. The van der Waals surface area contributed by atoms with E-state index < -0.39 is 17.8 Å². The summed E-state index contributed by atoms with van der Waals surface area (Å²) in [4.78, 5) is 12.4. The van der Waals surface area contributed by atoms with Crippen LogP contribution >= 0.6 is 0 Å². The predicted octanol–water partition coefficient (Wildman–Crippen LogP) is 4.10. The van der Waals surface area contributed by atoms with Gasteiger partial charge in [0, 0.05) is 30.4 Å². The first-order valence-electron chi connectivity index (χ1n) is 10.1. The number of fused-ring (bicyclic) bond motifs is 2. The molecule has 4 N–H and O–H groups in total. The minimum atomic E-state index is -4.38. The second-order valence-electron chi connectivity index (χ2n) is 7.92. The van der Waals surface area contributed by atoms with E-state index in [9.17, 15) is 23.1 Å². The van der Waals surface area contributed by atoms with Crippen LogP contribution in [0.2, 0.25) is 0 Å². The minimum absolute atomic E-state index is 0.154. The molecule has 0 bridgehead atoms. The summed E-state index contributed by atoms with van der Waals surface area (Å²) in [5, 5.41) is 18.7. The predicted molar refractivity (Wildman–Crippen MR) is 109 cm³/mol. The molecule has 1 aliphatic heterocycles. The molecule has 0 aromatic heterocycles. The highest BCUT2D eigenvalue weighted by atomic mass is 19.4. The Morgan fingerprint density at radius 1 is 1.13 bits per heavy atom. The van der Waals surface area contributed by atoms with Gasteiger partial charge in [0.25, 0.3) is 0 Å². The highest BCUT2D eigenvalue weighted by Gasteiger charge is 2.32. The Morgan fingerprint density at radius 3 is 2.73 bits per heavy atom. The molecule has 2 amide bonds. The number of urea groups is 1. The number of rotatable bonds is 3. The summed E-state index contributed by atoms with van der Waals surface area (Å²) in [6.45, 7) is 0.291. The van der Waals surface area contributed by atoms with Gasteiger partial charge in [-0.2, -0.15) is 13.2 Å². The Morgan fingerprint density at radius 2 is 1.93 bits per heavy atom. The summed E-state index contributed by atoms with van der Waals surface area (Å²) in [6.07, 6.45) is -1.42. The summed E-state index contributed by atoms with van der Waals surface area (Å²) < 4.78 is 38.9. The summed E-state index contributed by atoms with van der Waals surface area (Å²) in [7, 11) is 0. The number of carbonyl (C=O) groups excluding carboxylic acids is 1. The Bertz CT molecular complexity index is 946. The molecular weight excluding hydrogens is 395 g/mol. The van der Waals surface area contributed by atoms with Crippen LogP contribution < -0.4 is 16.0 Å². The highest BCUT2D eigenvalue weighted by Crippen LogP contribution is 2.34. The van der Waals surface area contributed by atoms with Crippen molar-refractivity contribution in [3.63, 3.8) is 0 Å². The monoisotopic (exact) mass is 419 g/mol. The van der Waals surface area contributed by atoms with Gasteiger partial charge in [0.1, 0.15) is 0 Å². The van der Waals surface area contributed by atoms with Gasteiger partial charge in [0.05, 0.1) is 11.7 Å². The van der Waals surface area contributed by atoms with Crippen molar-refractivity contribution < 1.29 is 23.1 Å². The van der Waals surface area contributed by atoms with Crippen molar-refractivity contribution in [1.82, 2.24) is 5.32 Å². The number of hydrogen-bond acceptors (Lipinski definition) is 3. The van der Waals surface area contributed by atoms with Crippen LogP contribution in [0.1, 0.15) is 35.1 Å². The van der Waals surface area contributed by atoms with E-state index in [1.54, 1.807) is 0 Å². The minimum Gasteiger partial charge on any atom is -0.393 e. The van der Waals surface area contributed by atoms with Crippen molar-refractivity contribution >= 4 is 17.4 Å². The van der Waals surface area contributed by atoms with E-state index in [1.165, 1.54) is 6.07 Å². The molecule has 2 aliphatic rings. The Balaban J connectivity index is 1.36. The van der Waals surface area contributed by atoms with E-state index in [0.29, 0.717) is 43.6 Å². The molecule has 1 heterocycles. The Kier molecular flexibility index (Phi) is 5.60. The number of nitrogens with one attached hydrogen (secondary N) is 3. The molecular formula is C22H24F3N3O2. The lowest BCUT2D eigenvalue weighted by Crippen LogP contribution is -2.40. The van der Waals surface area contributed by atoms with Crippen molar-refractivity contribution in [3.8, 4) is 0 Å². The first-order valence-corrected chi connectivity index (χ1v) is 10.1. The average Bonchev–Trinajstić information content (AvgIpc) is 2.71. The average molecular weight is 419 g/mol. The zero-order valence-electron chi connectivity index (χ0n) is 16.4. The lowest BCUT2D eigenvalue weighted by atomic mass is 9.88. The normalized spacial score (nSPS) is 20.5. The summed E-state index contributed by atoms with van der Waals surface area (Å²) in [6, 6.07) is 8.90. The van der Waals surface area contributed by atoms with Crippen LogP contribution in [0.4, 0.5) is 29.3 Å². The third-order valence-corrected chi connectivity index (χ3v) is 5.78. The molecule has 30 heavy (non-hydrogen) atoms. The topological polar surface area (TPSA) is 73.4 Å². The van der Waals surface area contributed by atoms with E-state index >= 15 is 0 Å². The lowest BCUT2D eigenvalue weighted by molar-refractivity contribution is -0.137. The standard InChI is InChI=1S/C22H24F3N3O2/c23-22(24,25)15-7-4-14-5-8-16(27-20(14)10-15)12-26-21(30)28-19-3-1-2-13-6-9-17(29)11-18(13)19/h1-4,7,10,16-17,27,29H,5-6,8-9,11-12H2,(H2,26,28,30).